The quantitative estimate of drug-likeness (QED) is 0.715. The zero-order chi connectivity index (χ0) is 21.0. The van der Waals surface area contributed by atoms with Gasteiger partial charge < -0.3 is 14.8 Å². The lowest BCUT2D eigenvalue weighted by Crippen LogP contribution is -2.40. The van der Waals surface area contributed by atoms with Crippen LogP contribution in [0.1, 0.15) is 31.7 Å². The number of benzene rings is 1. The smallest absolute Gasteiger partial charge is 0.263 e. The zero-order valence-corrected chi connectivity index (χ0v) is 17.5. The number of aromatic nitrogens is 2. The third-order valence-electron chi connectivity index (χ3n) is 5.41. The van der Waals surface area contributed by atoms with Crippen LogP contribution in [0.2, 0.25) is 0 Å². The Morgan fingerprint density at radius 2 is 1.83 bits per heavy atom. The van der Waals surface area contributed by atoms with Gasteiger partial charge in [-0.25, -0.2) is 13.1 Å². The predicted molar refractivity (Wildman–Crippen MR) is 110 cm³/mol. The minimum Gasteiger partial charge on any atom is -0.484 e. The summed E-state index contributed by atoms with van der Waals surface area (Å²) in [5.74, 6) is 0.803. The van der Waals surface area contributed by atoms with Crippen LogP contribution in [0.15, 0.2) is 41.4 Å². The molecular formula is C20H26N4O5S. The molecule has 0 spiro atoms. The number of carbonyl (C=O) groups is 1. The average molecular weight is 435 g/mol. The minimum absolute atomic E-state index is 0.175. The van der Waals surface area contributed by atoms with Crippen molar-refractivity contribution >= 4 is 21.7 Å². The summed E-state index contributed by atoms with van der Waals surface area (Å²) >= 11 is 0. The number of hydrogen-bond donors (Lipinski definition) is 1. The van der Waals surface area contributed by atoms with E-state index in [4.69, 9.17) is 9.47 Å². The van der Waals surface area contributed by atoms with Crippen LogP contribution in [-0.2, 0) is 19.6 Å². The molecule has 30 heavy (non-hydrogen) atoms. The average Bonchev–Trinajstić information content (AvgIpc) is 3.45. The van der Waals surface area contributed by atoms with Crippen molar-refractivity contribution in [1.82, 2.24) is 14.1 Å². The molecule has 1 aromatic heterocycles. The molecule has 1 saturated carbocycles. The van der Waals surface area contributed by atoms with Crippen LogP contribution in [0.25, 0.3) is 0 Å². The highest BCUT2D eigenvalue weighted by Crippen LogP contribution is 2.31. The monoisotopic (exact) mass is 434 g/mol. The molecule has 2 heterocycles. The van der Waals surface area contributed by atoms with Crippen LogP contribution in [0.3, 0.4) is 0 Å². The number of anilines is 1. The van der Waals surface area contributed by atoms with Crippen LogP contribution < -0.4 is 10.1 Å². The molecule has 2 aliphatic rings. The van der Waals surface area contributed by atoms with E-state index in [-0.39, 0.29) is 17.4 Å². The molecule has 2 aromatic rings. The minimum atomic E-state index is -3.55. The molecule has 0 radical (unpaired) electrons. The van der Waals surface area contributed by atoms with E-state index in [2.05, 4.69) is 10.4 Å². The van der Waals surface area contributed by atoms with E-state index in [0.29, 0.717) is 43.9 Å². The van der Waals surface area contributed by atoms with E-state index < -0.39 is 10.0 Å². The molecule has 9 nitrogen and oxygen atoms in total. The summed E-state index contributed by atoms with van der Waals surface area (Å²) < 4.78 is 39.3. The van der Waals surface area contributed by atoms with E-state index in [1.165, 1.54) is 29.3 Å². The molecule has 1 aliphatic carbocycles. The van der Waals surface area contributed by atoms with Gasteiger partial charge in [0.25, 0.3) is 5.91 Å². The SMILES string of the molecule is O=C(COc1ccc(S(=O)(=O)N2CCOCC2)cc1)Nc1ccnn1C1CCCC1. The molecule has 0 unspecified atom stereocenters. The van der Waals surface area contributed by atoms with Gasteiger partial charge in [0.2, 0.25) is 10.0 Å². The Balaban J connectivity index is 1.32. The van der Waals surface area contributed by atoms with Gasteiger partial charge in [-0.1, -0.05) is 12.8 Å². The Hall–Kier alpha value is -2.43. The predicted octanol–water partition coefficient (Wildman–Crippen LogP) is 2.04. The normalized spacial score (nSPS) is 18.4. The highest BCUT2D eigenvalue weighted by atomic mass is 32.2. The Labute approximate surface area is 176 Å². The second-order valence-electron chi connectivity index (χ2n) is 7.42. The van der Waals surface area contributed by atoms with Gasteiger partial charge in [0.15, 0.2) is 6.61 Å². The lowest BCUT2D eigenvalue weighted by atomic mass is 10.2. The number of rotatable bonds is 7. The van der Waals surface area contributed by atoms with Crippen LogP contribution in [0, 0.1) is 0 Å². The number of sulfonamides is 1. The summed E-state index contributed by atoms with van der Waals surface area (Å²) in [5.41, 5.74) is 0. The molecule has 1 aliphatic heterocycles. The van der Waals surface area contributed by atoms with Gasteiger partial charge in [0.1, 0.15) is 11.6 Å². The van der Waals surface area contributed by atoms with Crippen molar-refractivity contribution in [2.45, 2.75) is 36.6 Å². The van der Waals surface area contributed by atoms with Crippen LogP contribution >= 0.6 is 0 Å². The van der Waals surface area contributed by atoms with Gasteiger partial charge in [-0.15, -0.1) is 0 Å². The first kappa shape index (κ1) is 20.8. The Morgan fingerprint density at radius 3 is 2.53 bits per heavy atom. The molecule has 162 valence electrons. The fraction of sp³-hybridized carbons (Fsp3) is 0.500. The van der Waals surface area contributed by atoms with Crippen LogP contribution in [0.4, 0.5) is 5.82 Å². The Kier molecular flexibility index (Phi) is 6.35. The van der Waals surface area contributed by atoms with Gasteiger partial charge in [-0.3, -0.25) is 4.79 Å². The Morgan fingerprint density at radius 1 is 1.13 bits per heavy atom. The largest absolute Gasteiger partial charge is 0.484 e. The molecule has 1 N–H and O–H groups in total. The highest BCUT2D eigenvalue weighted by molar-refractivity contribution is 7.89. The Bertz CT molecular complexity index is 961. The van der Waals surface area contributed by atoms with E-state index in [1.54, 1.807) is 24.4 Å². The summed E-state index contributed by atoms with van der Waals surface area (Å²) in [6, 6.07) is 8.21. The molecule has 1 saturated heterocycles. The molecule has 0 bridgehead atoms. The maximum absolute atomic E-state index is 12.6. The van der Waals surface area contributed by atoms with Crippen molar-refractivity contribution in [3.63, 3.8) is 0 Å². The van der Waals surface area contributed by atoms with E-state index in [0.717, 1.165) is 12.8 Å². The standard InChI is InChI=1S/C20H26N4O5S/c25-20(22-19-9-10-21-24(19)16-3-1-2-4-16)15-29-17-5-7-18(8-6-17)30(26,27)23-11-13-28-14-12-23/h5-10,16H,1-4,11-15H2,(H,22,25). The van der Waals surface area contributed by atoms with E-state index in [9.17, 15) is 13.2 Å². The number of nitrogens with one attached hydrogen (secondary N) is 1. The zero-order valence-electron chi connectivity index (χ0n) is 16.7. The molecule has 4 rings (SSSR count). The van der Waals surface area contributed by atoms with Crippen molar-refractivity contribution in [2.75, 3.05) is 38.2 Å². The topological polar surface area (TPSA) is 103 Å². The van der Waals surface area contributed by atoms with Crippen molar-refractivity contribution in [3.05, 3.63) is 36.5 Å². The summed E-state index contributed by atoms with van der Waals surface area (Å²) in [5, 5.41) is 7.17. The molecule has 1 aromatic carbocycles. The number of hydrogen-bond acceptors (Lipinski definition) is 6. The molecule has 0 atom stereocenters. The second-order valence-corrected chi connectivity index (χ2v) is 9.36. The highest BCUT2D eigenvalue weighted by Gasteiger charge is 2.26. The number of carbonyl (C=O) groups excluding carboxylic acids is 1. The number of morpholine rings is 1. The number of amides is 1. The van der Waals surface area contributed by atoms with Crippen molar-refractivity contribution in [1.29, 1.82) is 0 Å². The van der Waals surface area contributed by atoms with Crippen molar-refractivity contribution in [2.24, 2.45) is 0 Å². The number of nitrogens with zero attached hydrogens (tertiary/aromatic N) is 3. The van der Waals surface area contributed by atoms with Gasteiger partial charge in [-0.05, 0) is 37.1 Å². The fourth-order valence-corrected chi connectivity index (χ4v) is 5.23. The first-order valence-electron chi connectivity index (χ1n) is 10.2. The summed E-state index contributed by atoms with van der Waals surface area (Å²) in [7, 11) is -3.55. The first-order chi connectivity index (χ1) is 14.5. The van der Waals surface area contributed by atoms with Crippen LogP contribution in [0.5, 0.6) is 5.75 Å². The van der Waals surface area contributed by atoms with Gasteiger partial charge in [0.05, 0.1) is 30.3 Å². The summed E-state index contributed by atoms with van der Waals surface area (Å²) in [6.45, 7) is 1.31. The van der Waals surface area contributed by atoms with Crippen molar-refractivity contribution < 1.29 is 22.7 Å². The maximum Gasteiger partial charge on any atom is 0.263 e. The summed E-state index contributed by atoms with van der Waals surface area (Å²) in [4.78, 5) is 12.5. The molecular weight excluding hydrogens is 408 g/mol. The van der Waals surface area contributed by atoms with Gasteiger partial charge >= 0.3 is 0 Å². The number of ether oxygens (including phenoxy) is 2. The first-order valence-corrected chi connectivity index (χ1v) is 11.6. The maximum atomic E-state index is 12.6. The van der Waals surface area contributed by atoms with E-state index in [1.807, 2.05) is 4.68 Å². The van der Waals surface area contributed by atoms with Gasteiger partial charge in [-0.2, -0.15) is 9.40 Å². The fourth-order valence-electron chi connectivity index (χ4n) is 3.82. The van der Waals surface area contributed by atoms with E-state index >= 15 is 0 Å². The lowest BCUT2D eigenvalue weighted by Gasteiger charge is -2.26. The molecule has 1 amide bonds. The van der Waals surface area contributed by atoms with Crippen LogP contribution in [-0.4, -0.2) is 61.3 Å². The molecule has 10 heteroatoms. The third kappa shape index (κ3) is 4.66. The van der Waals surface area contributed by atoms with Gasteiger partial charge in [0, 0.05) is 19.2 Å². The third-order valence-corrected chi connectivity index (χ3v) is 7.32. The lowest BCUT2D eigenvalue weighted by molar-refractivity contribution is -0.118. The second kappa shape index (κ2) is 9.15. The van der Waals surface area contributed by atoms with Crippen molar-refractivity contribution in [3.8, 4) is 5.75 Å². The molecule has 2 fully saturated rings. The summed E-state index contributed by atoms with van der Waals surface area (Å²) in [6.07, 6.45) is 6.18.